The quantitative estimate of drug-likeness (QED) is 0.324. The van der Waals surface area contributed by atoms with Gasteiger partial charge in [0.05, 0.1) is 0 Å². The van der Waals surface area contributed by atoms with Crippen LogP contribution < -0.4 is 10.6 Å². The summed E-state index contributed by atoms with van der Waals surface area (Å²) in [5.74, 6) is 1.38. The van der Waals surface area contributed by atoms with Gasteiger partial charge in [-0.2, -0.15) is 0 Å². The number of carbonyl (C=O) groups excluding carboxylic acids is 1. The van der Waals surface area contributed by atoms with Crippen molar-refractivity contribution >= 4 is 47.2 Å². The summed E-state index contributed by atoms with van der Waals surface area (Å²) >= 11 is 1.85. The number of hydrogen-bond acceptors (Lipinski definition) is 4. The lowest BCUT2D eigenvalue weighted by molar-refractivity contribution is 0.0827. The Bertz CT molecular complexity index is 838. The fraction of sp³-hybridized carbons (Fsp3) is 0.478. The lowest BCUT2D eigenvalue weighted by atomic mass is 9.88. The number of nitrogens with zero attached hydrogens (tertiary/aromatic N) is 3. The number of guanidine groups is 1. The summed E-state index contributed by atoms with van der Waals surface area (Å²) in [5, 5.41) is 9.08. The summed E-state index contributed by atoms with van der Waals surface area (Å²) in [4.78, 5) is 21.9. The topological polar surface area (TPSA) is 60.0 Å². The van der Waals surface area contributed by atoms with Crippen molar-refractivity contribution in [3.05, 3.63) is 57.8 Å². The number of aliphatic imine (C=N–C) groups is 1. The van der Waals surface area contributed by atoms with Crippen molar-refractivity contribution in [2.45, 2.75) is 25.4 Å². The Morgan fingerprint density at radius 2 is 1.97 bits per heavy atom. The molecule has 3 rings (SSSR count). The Morgan fingerprint density at radius 1 is 1.23 bits per heavy atom. The molecule has 1 fully saturated rings. The van der Waals surface area contributed by atoms with E-state index in [-0.39, 0.29) is 29.9 Å². The lowest BCUT2D eigenvalue weighted by Crippen LogP contribution is -2.44. The lowest BCUT2D eigenvalue weighted by Gasteiger charge is -2.39. The zero-order valence-electron chi connectivity index (χ0n) is 18.8. The van der Waals surface area contributed by atoms with Gasteiger partial charge in [-0.25, -0.2) is 0 Å². The summed E-state index contributed by atoms with van der Waals surface area (Å²) in [6.07, 6.45) is 2.45. The van der Waals surface area contributed by atoms with E-state index in [9.17, 15) is 4.79 Å². The molecule has 8 heteroatoms. The van der Waals surface area contributed by atoms with Gasteiger partial charge in [-0.05, 0) is 61.5 Å². The summed E-state index contributed by atoms with van der Waals surface area (Å²) in [5.41, 5.74) is 1.81. The van der Waals surface area contributed by atoms with Crippen LogP contribution in [0.25, 0.3) is 0 Å². The first-order valence-corrected chi connectivity index (χ1v) is 11.4. The third-order valence-electron chi connectivity index (χ3n) is 5.66. The van der Waals surface area contributed by atoms with Gasteiger partial charge in [-0.3, -0.25) is 14.7 Å². The standard InChI is InChI=1S/C23H33N5OS.HI/c1-24-23(25-15-17-9-11-18(12-10-17)22(29)27(2)3)26-16-19-7-5-13-28(4)21(19)20-8-6-14-30-20;/h6,8-12,14,19,21H,5,7,13,15-16H2,1-4H3,(H2,24,25,26);1H. The van der Waals surface area contributed by atoms with E-state index in [1.807, 2.05) is 35.6 Å². The predicted molar refractivity (Wildman–Crippen MR) is 140 cm³/mol. The largest absolute Gasteiger partial charge is 0.356 e. The summed E-state index contributed by atoms with van der Waals surface area (Å²) < 4.78 is 0. The molecule has 1 aliphatic heterocycles. The highest BCUT2D eigenvalue weighted by atomic mass is 127. The molecule has 0 saturated carbocycles. The highest BCUT2D eigenvalue weighted by molar-refractivity contribution is 14.0. The van der Waals surface area contributed by atoms with E-state index in [4.69, 9.17) is 0 Å². The molecule has 1 aromatic heterocycles. The molecule has 0 aliphatic carbocycles. The van der Waals surface area contributed by atoms with Gasteiger partial charge in [-0.1, -0.05) is 18.2 Å². The van der Waals surface area contributed by atoms with Gasteiger partial charge < -0.3 is 15.5 Å². The highest BCUT2D eigenvalue weighted by Crippen LogP contribution is 2.36. The van der Waals surface area contributed by atoms with Crippen molar-refractivity contribution < 1.29 is 4.79 Å². The number of nitrogens with one attached hydrogen (secondary N) is 2. The Hall–Kier alpha value is -1.65. The summed E-state index contributed by atoms with van der Waals surface area (Å²) in [7, 11) is 7.56. The van der Waals surface area contributed by atoms with E-state index in [0.717, 1.165) is 24.6 Å². The Kier molecular flexibility index (Phi) is 10.2. The smallest absolute Gasteiger partial charge is 0.253 e. The average Bonchev–Trinajstić information content (AvgIpc) is 3.28. The van der Waals surface area contributed by atoms with E-state index in [2.05, 4.69) is 45.1 Å². The van der Waals surface area contributed by atoms with Crippen LogP contribution in [-0.2, 0) is 6.54 Å². The number of halogens is 1. The molecule has 2 unspecified atom stereocenters. The zero-order chi connectivity index (χ0) is 21.5. The summed E-state index contributed by atoms with van der Waals surface area (Å²) in [6.45, 7) is 2.70. The van der Waals surface area contributed by atoms with Crippen molar-refractivity contribution in [3.63, 3.8) is 0 Å². The first-order valence-electron chi connectivity index (χ1n) is 10.5. The number of carbonyl (C=O) groups is 1. The molecule has 6 nitrogen and oxygen atoms in total. The van der Waals surface area contributed by atoms with Gasteiger partial charge in [0.25, 0.3) is 5.91 Å². The number of likely N-dealkylation sites (tertiary alicyclic amines) is 1. The van der Waals surface area contributed by atoms with Gasteiger partial charge in [0.2, 0.25) is 0 Å². The number of thiophene rings is 1. The van der Waals surface area contributed by atoms with Gasteiger partial charge >= 0.3 is 0 Å². The number of amides is 1. The van der Waals surface area contributed by atoms with E-state index < -0.39 is 0 Å². The van der Waals surface area contributed by atoms with Crippen molar-refractivity contribution in [2.75, 3.05) is 41.3 Å². The predicted octanol–water partition coefficient (Wildman–Crippen LogP) is 3.82. The first-order chi connectivity index (χ1) is 14.5. The molecule has 0 spiro atoms. The van der Waals surface area contributed by atoms with E-state index >= 15 is 0 Å². The van der Waals surface area contributed by atoms with E-state index in [1.54, 1.807) is 26.0 Å². The molecule has 0 bridgehead atoms. The normalized spacial score (nSPS) is 19.4. The third kappa shape index (κ3) is 6.92. The molecule has 170 valence electrons. The maximum absolute atomic E-state index is 12.0. The maximum Gasteiger partial charge on any atom is 0.253 e. The molecule has 1 aromatic carbocycles. The Labute approximate surface area is 207 Å². The fourth-order valence-electron chi connectivity index (χ4n) is 4.04. The number of hydrogen-bond donors (Lipinski definition) is 2. The third-order valence-corrected chi connectivity index (χ3v) is 6.61. The highest BCUT2D eigenvalue weighted by Gasteiger charge is 2.31. The monoisotopic (exact) mass is 555 g/mol. The Balaban J connectivity index is 0.00000341. The molecule has 0 radical (unpaired) electrons. The van der Waals surface area contributed by atoms with Crippen LogP contribution in [0.1, 0.15) is 39.7 Å². The molecule has 2 atom stereocenters. The molecule has 1 aliphatic rings. The minimum absolute atomic E-state index is 0. The first kappa shape index (κ1) is 25.6. The molecular formula is C23H34IN5OS. The van der Waals surface area contributed by atoms with Crippen molar-refractivity contribution in [2.24, 2.45) is 10.9 Å². The van der Waals surface area contributed by atoms with Gasteiger partial charge in [-0.15, -0.1) is 35.3 Å². The van der Waals surface area contributed by atoms with Crippen molar-refractivity contribution in [3.8, 4) is 0 Å². The molecule has 2 N–H and O–H groups in total. The van der Waals surface area contributed by atoms with Crippen LogP contribution in [0.3, 0.4) is 0 Å². The molecule has 2 heterocycles. The minimum Gasteiger partial charge on any atom is -0.356 e. The van der Waals surface area contributed by atoms with Crippen LogP contribution in [0.15, 0.2) is 46.8 Å². The van der Waals surface area contributed by atoms with Crippen LogP contribution in [0, 0.1) is 5.92 Å². The van der Waals surface area contributed by atoms with Crippen molar-refractivity contribution in [1.82, 2.24) is 20.4 Å². The van der Waals surface area contributed by atoms with Gasteiger partial charge in [0.15, 0.2) is 5.96 Å². The second-order valence-corrected chi connectivity index (χ2v) is 9.03. The van der Waals surface area contributed by atoms with Crippen LogP contribution in [0.2, 0.25) is 0 Å². The number of piperidine rings is 1. The van der Waals surface area contributed by atoms with Crippen LogP contribution in [0.4, 0.5) is 0 Å². The molecule has 2 aromatic rings. The Morgan fingerprint density at radius 3 is 2.58 bits per heavy atom. The molecular weight excluding hydrogens is 521 g/mol. The van der Waals surface area contributed by atoms with Crippen molar-refractivity contribution in [1.29, 1.82) is 0 Å². The fourth-order valence-corrected chi connectivity index (χ4v) is 5.02. The molecule has 1 saturated heterocycles. The van der Waals surface area contributed by atoms with E-state index in [1.165, 1.54) is 17.7 Å². The molecule has 31 heavy (non-hydrogen) atoms. The van der Waals surface area contributed by atoms with Gasteiger partial charge in [0, 0.05) is 50.7 Å². The average molecular weight is 556 g/mol. The second-order valence-electron chi connectivity index (χ2n) is 8.05. The van der Waals surface area contributed by atoms with Crippen LogP contribution >= 0.6 is 35.3 Å². The zero-order valence-corrected chi connectivity index (χ0v) is 21.9. The van der Waals surface area contributed by atoms with E-state index in [0.29, 0.717) is 24.1 Å². The SMILES string of the molecule is CN=C(NCc1ccc(C(=O)N(C)C)cc1)NCC1CCCN(C)C1c1cccs1.I. The summed E-state index contributed by atoms with van der Waals surface area (Å²) in [6, 6.07) is 12.6. The number of rotatable bonds is 6. The van der Waals surface area contributed by atoms with Crippen LogP contribution in [-0.4, -0.2) is 62.9 Å². The van der Waals surface area contributed by atoms with Crippen LogP contribution in [0.5, 0.6) is 0 Å². The minimum atomic E-state index is 0. The van der Waals surface area contributed by atoms with Gasteiger partial charge in [0.1, 0.15) is 0 Å². The number of benzene rings is 1. The second kappa shape index (κ2) is 12.4. The maximum atomic E-state index is 12.0. The molecule has 1 amide bonds.